The highest BCUT2D eigenvalue weighted by Gasteiger charge is 2.19. The molecule has 12 aromatic rings. The SMILES string of the molecule is c1ccc(-c2ccccc2-c2nc(-c3ccc(-c4ccc(-c5ccc(-c6cccc7sc8ccccc8c67)c6ccccc56)cc4)cc3)nc(-c3ccccc3-c3ccccc3)n2)cc1. The van der Waals surface area contributed by atoms with Crippen molar-refractivity contribution in [1.29, 1.82) is 0 Å². The van der Waals surface area contributed by atoms with Gasteiger partial charge in [0.2, 0.25) is 0 Å². The average Bonchev–Trinajstić information content (AvgIpc) is 3.78. The van der Waals surface area contributed by atoms with E-state index < -0.39 is 0 Å². The van der Waals surface area contributed by atoms with Gasteiger partial charge in [-0.05, 0) is 78.5 Å². The monoisotopic (exact) mass is 845 g/mol. The van der Waals surface area contributed by atoms with Crippen LogP contribution in [-0.4, -0.2) is 15.0 Å². The minimum atomic E-state index is 0.622. The van der Waals surface area contributed by atoms with Gasteiger partial charge in [0.1, 0.15) is 0 Å². The molecule has 0 aliphatic heterocycles. The third-order valence-corrected chi connectivity index (χ3v) is 13.6. The van der Waals surface area contributed by atoms with E-state index >= 15 is 0 Å². The molecule has 0 amide bonds. The van der Waals surface area contributed by atoms with Crippen molar-refractivity contribution >= 4 is 42.3 Å². The van der Waals surface area contributed by atoms with Crippen LogP contribution in [0.1, 0.15) is 0 Å². The summed E-state index contributed by atoms with van der Waals surface area (Å²) in [5.74, 6) is 1.88. The third kappa shape index (κ3) is 7.07. The first-order valence-electron chi connectivity index (χ1n) is 21.9. The van der Waals surface area contributed by atoms with Crippen LogP contribution in [0.15, 0.2) is 237 Å². The van der Waals surface area contributed by atoms with Gasteiger partial charge in [0.05, 0.1) is 0 Å². The molecular weight excluding hydrogens is 807 g/mol. The summed E-state index contributed by atoms with van der Waals surface area (Å²) in [7, 11) is 0. The van der Waals surface area contributed by atoms with Crippen LogP contribution >= 0.6 is 11.3 Å². The first-order chi connectivity index (χ1) is 32.2. The number of hydrogen-bond acceptors (Lipinski definition) is 4. The smallest absolute Gasteiger partial charge is 0.164 e. The molecule has 0 aliphatic carbocycles. The summed E-state index contributed by atoms with van der Waals surface area (Å²) in [4.78, 5) is 15.6. The fraction of sp³-hybridized carbons (Fsp3) is 0. The Kier molecular flexibility index (Phi) is 9.70. The zero-order chi connectivity index (χ0) is 43.1. The molecule has 2 aromatic heterocycles. The molecule has 0 atom stereocenters. The summed E-state index contributed by atoms with van der Waals surface area (Å²) >= 11 is 1.86. The lowest BCUT2D eigenvalue weighted by Crippen LogP contribution is -2.02. The van der Waals surface area contributed by atoms with Crippen LogP contribution in [0.2, 0.25) is 0 Å². The molecular formula is C61H39N3S. The average molecular weight is 846 g/mol. The van der Waals surface area contributed by atoms with Crippen LogP contribution in [0.3, 0.4) is 0 Å². The maximum Gasteiger partial charge on any atom is 0.164 e. The van der Waals surface area contributed by atoms with Crippen molar-refractivity contribution in [3.05, 3.63) is 237 Å². The number of rotatable bonds is 8. The van der Waals surface area contributed by atoms with Crippen molar-refractivity contribution in [3.63, 3.8) is 0 Å². The molecule has 65 heavy (non-hydrogen) atoms. The van der Waals surface area contributed by atoms with E-state index in [1.54, 1.807) is 0 Å². The minimum absolute atomic E-state index is 0.622. The Morgan fingerprint density at radius 3 is 1.22 bits per heavy atom. The van der Waals surface area contributed by atoms with Gasteiger partial charge < -0.3 is 0 Å². The highest BCUT2D eigenvalue weighted by molar-refractivity contribution is 7.25. The van der Waals surface area contributed by atoms with E-state index in [9.17, 15) is 0 Å². The fourth-order valence-electron chi connectivity index (χ4n) is 9.28. The van der Waals surface area contributed by atoms with Crippen molar-refractivity contribution in [2.24, 2.45) is 0 Å². The van der Waals surface area contributed by atoms with Gasteiger partial charge in [0, 0.05) is 36.9 Å². The summed E-state index contributed by atoms with van der Waals surface area (Å²) in [5, 5.41) is 5.15. The zero-order valence-corrected chi connectivity index (χ0v) is 36.1. The molecule has 0 unspecified atom stereocenters. The second kappa shape index (κ2) is 16.4. The largest absolute Gasteiger partial charge is 0.208 e. The molecule has 0 fully saturated rings. The van der Waals surface area contributed by atoms with E-state index in [1.807, 2.05) is 23.5 Å². The van der Waals surface area contributed by atoms with Crippen molar-refractivity contribution in [3.8, 4) is 89.8 Å². The van der Waals surface area contributed by atoms with Crippen LogP contribution < -0.4 is 0 Å². The predicted octanol–water partition coefficient (Wildman–Crippen LogP) is 16.7. The Labute approximate surface area is 381 Å². The standard InChI is InChI=1S/C61H39N3S/c1-3-16-42(17-4-1)46-20-7-11-24-53(46)60-62-59(63-61(64-60)54-25-12-8-21-47(54)43-18-5-2-6-19-43)45-36-32-41(33-37-45)40-30-34-44(35-31-40)48-38-39-51(50-23-10-9-22-49(48)50)52-27-15-29-57-58(52)55-26-13-14-28-56(55)65-57/h1-39H. The maximum absolute atomic E-state index is 5.21. The molecule has 12 rings (SSSR count). The zero-order valence-electron chi connectivity index (χ0n) is 35.3. The van der Waals surface area contributed by atoms with Crippen molar-refractivity contribution in [2.75, 3.05) is 0 Å². The maximum atomic E-state index is 5.21. The molecule has 0 N–H and O–H groups in total. The number of hydrogen-bond donors (Lipinski definition) is 0. The fourth-order valence-corrected chi connectivity index (χ4v) is 10.4. The van der Waals surface area contributed by atoms with Crippen molar-refractivity contribution in [2.45, 2.75) is 0 Å². The molecule has 304 valence electrons. The lowest BCUT2D eigenvalue weighted by Gasteiger charge is -2.14. The van der Waals surface area contributed by atoms with Crippen LogP contribution in [0.25, 0.3) is 121 Å². The topological polar surface area (TPSA) is 38.7 Å². The quantitative estimate of drug-likeness (QED) is 0.153. The second-order valence-corrected chi connectivity index (χ2v) is 17.4. The number of nitrogens with zero attached hydrogens (tertiary/aromatic N) is 3. The molecule has 0 radical (unpaired) electrons. The van der Waals surface area contributed by atoms with E-state index in [4.69, 9.17) is 15.0 Å². The summed E-state index contributed by atoms with van der Waals surface area (Å²) in [5.41, 5.74) is 14.4. The second-order valence-electron chi connectivity index (χ2n) is 16.3. The summed E-state index contributed by atoms with van der Waals surface area (Å²) < 4.78 is 2.64. The molecule has 0 saturated carbocycles. The van der Waals surface area contributed by atoms with Crippen LogP contribution in [0.5, 0.6) is 0 Å². The van der Waals surface area contributed by atoms with Gasteiger partial charge >= 0.3 is 0 Å². The van der Waals surface area contributed by atoms with Gasteiger partial charge in [0.15, 0.2) is 17.5 Å². The Bertz CT molecular complexity index is 3590. The summed E-state index contributed by atoms with van der Waals surface area (Å²) in [6, 6.07) is 84.0. The number of aromatic nitrogens is 3. The van der Waals surface area contributed by atoms with Gasteiger partial charge in [-0.3, -0.25) is 0 Å². The van der Waals surface area contributed by atoms with Gasteiger partial charge in [-0.15, -0.1) is 11.3 Å². The van der Waals surface area contributed by atoms with E-state index in [1.165, 1.54) is 53.2 Å². The van der Waals surface area contributed by atoms with E-state index in [2.05, 4.69) is 224 Å². The summed E-state index contributed by atoms with van der Waals surface area (Å²) in [6.07, 6.45) is 0. The van der Waals surface area contributed by atoms with Crippen LogP contribution in [-0.2, 0) is 0 Å². The Morgan fingerprint density at radius 2 is 0.615 bits per heavy atom. The lowest BCUT2D eigenvalue weighted by atomic mass is 9.90. The molecule has 2 heterocycles. The van der Waals surface area contributed by atoms with E-state index in [-0.39, 0.29) is 0 Å². The predicted molar refractivity (Wildman–Crippen MR) is 274 cm³/mol. The molecule has 0 spiro atoms. The number of thiophene rings is 1. The summed E-state index contributed by atoms with van der Waals surface area (Å²) in [6.45, 7) is 0. The van der Waals surface area contributed by atoms with Crippen LogP contribution in [0, 0.1) is 0 Å². The van der Waals surface area contributed by atoms with Gasteiger partial charge in [-0.2, -0.15) is 0 Å². The van der Waals surface area contributed by atoms with Crippen LogP contribution in [0.4, 0.5) is 0 Å². The van der Waals surface area contributed by atoms with Gasteiger partial charge in [-0.25, -0.2) is 15.0 Å². The molecule has 4 heteroatoms. The van der Waals surface area contributed by atoms with E-state index in [0.29, 0.717) is 17.5 Å². The first kappa shape index (κ1) is 38.4. The first-order valence-corrected chi connectivity index (χ1v) is 22.7. The lowest BCUT2D eigenvalue weighted by molar-refractivity contribution is 1.07. The van der Waals surface area contributed by atoms with E-state index in [0.717, 1.165) is 50.1 Å². The van der Waals surface area contributed by atoms with Crippen molar-refractivity contribution in [1.82, 2.24) is 15.0 Å². The number of benzene rings is 10. The van der Waals surface area contributed by atoms with Gasteiger partial charge in [0.25, 0.3) is 0 Å². The Balaban J connectivity index is 0.903. The van der Waals surface area contributed by atoms with Crippen molar-refractivity contribution < 1.29 is 0 Å². The number of fused-ring (bicyclic) bond motifs is 4. The normalized spacial score (nSPS) is 11.4. The molecule has 10 aromatic carbocycles. The van der Waals surface area contributed by atoms with Gasteiger partial charge in [-0.1, -0.05) is 224 Å². The third-order valence-electron chi connectivity index (χ3n) is 12.4. The molecule has 0 bridgehead atoms. The highest BCUT2D eigenvalue weighted by Crippen LogP contribution is 2.44. The highest BCUT2D eigenvalue weighted by atomic mass is 32.1. The Morgan fingerprint density at radius 1 is 0.215 bits per heavy atom. The minimum Gasteiger partial charge on any atom is -0.208 e. The molecule has 0 aliphatic rings. The molecule has 0 saturated heterocycles. The molecule has 3 nitrogen and oxygen atoms in total. The Hall–Kier alpha value is -8.31.